The number of carbonyl (C=O) groups is 2. The van der Waals surface area contributed by atoms with Crippen molar-refractivity contribution in [2.24, 2.45) is 10.2 Å². The molecule has 3 heterocycles. The first kappa shape index (κ1) is 29.0. The maximum absolute atomic E-state index is 13.6. The van der Waals surface area contributed by atoms with E-state index in [0.717, 1.165) is 17.7 Å². The lowest BCUT2D eigenvalue weighted by Gasteiger charge is -2.28. The first-order chi connectivity index (χ1) is 19.9. The Labute approximate surface area is 241 Å². The average Bonchev–Trinajstić information content (AvgIpc) is 3.72. The number of halogens is 3. The number of hydrogen-bond acceptors (Lipinski definition) is 6. The first-order valence-corrected chi connectivity index (χ1v) is 13.7. The molecule has 9 nitrogen and oxygen atoms in total. The van der Waals surface area contributed by atoms with Crippen molar-refractivity contribution < 1.29 is 22.8 Å². The van der Waals surface area contributed by atoms with Gasteiger partial charge in [-0.15, -0.1) is 0 Å². The Balaban J connectivity index is 1.31. The molecule has 0 unspecified atom stereocenters. The fourth-order valence-electron chi connectivity index (χ4n) is 4.78. The number of nitrogens with zero attached hydrogens (tertiary/aromatic N) is 5. The second kappa shape index (κ2) is 11.4. The molecule has 3 aromatic rings. The van der Waals surface area contributed by atoms with Gasteiger partial charge in [0.25, 0.3) is 0 Å². The molecule has 0 saturated heterocycles. The maximum atomic E-state index is 13.6. The van der Waals surface area contributed by atoms with Crippen LogP contribution in [0, 0.1) is 0 Å². The Kier molecular flexibility index (Phi) is 7.89. The third kappa shape index (κ3) is 6.69. The molecule has 2 aromatic carbocycles. The summed E-state index contributed by atoms with van der Waals surface area (Å²) >= 11 is 0. The number of rotatable bonds is 7. The molecule has 220 valence electrons. The van der Waals surface area contributed by atoms with Crippen LogP contribution in [0.2, 0.25) is 0 Å². The number of anilines is 3. The number of urea groups is 1. The van der Waals surface area contributed by atoms with Crippen LogP contribution in [-0.4, -0.2) is 42.2 Å². The van der Waals surface area contributed by atoms with Gasteiger partial charge in [-0.1, -0.05) is 24.3 Å². The largest absolute Gasteiger partial charge is 0.416 e. The molecule has 0 aliphatic carbocycles. The molecular weight excluding hydrogens is 547 g/mol. The van der Waals surface area contributed by atoms with Crippen molar-refractivity contribution in [1.29, 1.82) is 0 Å². The summed E-state index contributed by atoms with van der Waals surface area (Å²) in [4.78, 5) is 34.0. The lowest BCUT2D eigenvalue weighted by atomic mass is 10.1. The van der Waals surface area contributed by atoms with Crippen LogP contribution in [-0.2, 0) is 17.5 Å². The van der Waals surface area contributed by atoms with Crippen molar-refractivity contribution in [3.05, 3.63) is 71.8 Å². The fraction of sp³-hybridized carbons (Fsp3) is 0.367. The monoisotopic (exact) mass is 579 g/mol. The van der Waals surface area contributed by atoms with Crippen molar-refractivity contribution in [2.75, 3.05) is 28.7 Å². The van der Waals surface area contributed by atoms with E-state index in [-0.39, 0.29) is 11.9 Å². The topological polar surface area (TPSA) is 102 Å². The molecule has 12 heteroatoms. The van der Waals surface area contributed by atoms with Crippen molar-refractivity contribution in [3.63, 3.8) is 0 Å². The summed E-state index contributed by atoms with van der Waals surface area (Å²) in [7, 11) is 1.90. The number of aromatic nitrogens is 1. The van der Waals surface area contributed by atoms with Gasteiger partial charge in [-0.2, -0.15) is 23.4 Å². The van der Waals surface area contributed by atoms with E-state index in [1.54, 1.807) is 35.2 Å². The van der Waals surface area contributed by atoms with Crippen LogP contribution in [0.15, 0.2) is 70.9 Å². The Morgan fingerprint density at radius 3 is 2.50 bits per heavy atom. The summed E-state index contributed by atoms with van der Waals surface area (Å²) < 4.78 is 40.1. The van der Waals surface area contributed by atoms with Gasteiger partial charge in [0.1, 0.15) is 0 Å². The van der Waals surface area contributed by atoms with Crippen LogP contribution in [0.1, 0.15) is 44.2 Å². The number of amides is 3. The zero-order valence-corrected chi connectivity index (χ0v) is 23.6. The van der Waals surface area contributed by atoms with Crippen molar-refractivity contribution in [2.45, 2.75) is 57.5 Å². The quantitative estimate of drug-likeness (QED) is 0.329. The molecule has 0 bridgehead atoms. The van der Waals surface area contributed by atoms with Gasteiger partial charge >= 0.3 is 12.2 Å². The summed E-state index contributed by atoms with van der Waals surface area (Å²) in [5, 5.41) is 13.6. The highest BCUT2D eigenvalue weighted by atomic mass is 19.4. The van der Waals surface area contributed by atoms with Gasteiger partial charge in [-0.3, -0.25) is 9.69 Å². The summed E-state index contributed by atoms with van der Waals surface area (Å²) in [6.45, 7) is 4.81. The zero-order valence-electron chi connectivity index (χ0n) is 23.6. The predicted molar refractivity (Wildman–Crippen MR) is 154 cm³/mol. The van der Waals surface area contributed by atoms with Crippen LogP contribution in [0.25, 0.3) is 11.3 Å². The Bertz CT molecular complexity index is 1500. The number of benzene rings is 2. The van der Waals surface area contributed by atoms with E-state index in [4.69, 9.17) is 4.98 Å². The second-order valence-corrected chi connectivity index (χ2v) is 10.9. The second-order valence-electron chi connectivity index (χ2n) is 10.9. The van der Waals surface area contributed by atoms with Crippen LogP contribution < -0.4 is 20.4 Å². The van der Waals surface area contributed by atoms with Gasteiger partial charge in [-0.05, 0) is 62.2 Å². The maximum Gasteiger partial charge on any atom is 0.416 e. The summed E-state index contributed by atoms with van der Waals surface area (Å²) in [6, 6.07) is 15.0. The van der Waals surface area contributed by atoms with E-state index in [2.05, 4.69) is 20.9 Å². The molecule has 1 aromatic heterocycles. The number of fused-ring (bicyclic) bond motifs is 1. The summed E-state index contributed by atoms with van der Waals surface area (Å²) in [5.41, 5.74) is 1.60. The molecular formula is C30H32F3N7O2. The lowest BCUT2D eigenvalue weighted by Crippen LogP contribution is -2.42. The van der Waals surface area contributed by atoms with Crippen LogP contribution in [0.3, 0.4) is 0 Å². The smallest absolute Gasteiger partial charge is 0.372 e. The number of hydrogen-bond donors (Lipinski definition) is 2. The Morgan fingerprint density at radius 2 is 1.81 bits per heavy atom. The van der Waals surface area contributed by atoms with Gasteiger partial charge in [-0.25, -0.2) is 9.78 Å². The molecule has 1 atom stereocenters. The van der Waals surface area contributed by atoms with E-state index < -0.39 is 23.4 Å². The van der Waals surface area contributed by atoms with Crippen LogP contribution >= 0.6 is 0 Å². The molecule has 0 fully saturated rings. The van der Waals surface area contributed by atoms with E-state index in [9.17, 15) is 22.8 Å². The number of pyridine rings is 1. The summed E-state index contributed by atoms with van der Waals surface area (Å²) in [5.74, 6) is 0.289. The molecule has 42 heavy (non-hydrogen) atoms. The third-order valence-corrected chi connectivity index (χ3v) is 7.48. The molecule has 2 N–H and O–H groups in total. The van der Waals surface area contributed by atoms with Crippen LogP contribution in [0.5, 0.6) is 0 Å². The number of nitrogens with one attached hydrogen (secondary N) is 2. The highest BCUT2D eigenvalue weighted by Gasteiger charge is 2.34. The van der Waals surface area contributed by atoms with Gasteiger partial charge in [0.15, 0.2) is 11.5 Å². The van der Waals surface area contributed by atoms with Gasteiger partial charge < -0.3 is 15.5 Å². The Morgan fingerprint density at radius 1 is 1.07 bits per heavy atom. The normalized spacial score (nSPS) is 17.3. The first-order valence-electron chi connectivity index (χ1n) is 13.7. The molecule has 5 rings (SSSR count). The van der Waals surface area contributed by atoms with Crippen molar-refractivity contribution in [1.82, 2.24) is 10.3 Å². The van der Waals surface area contributed by atoms with Gasteiger partial charge in [0.05, 0.1) is 16.9 Å². The molecule has 0 spiro atoms. The molecule has 2 aliphatic rings. The molecule has 2 aliphatic heterocycles. The molecule has 0 saturated carbocycles. The third-order valence-electron chi connectivity index (χ3n) is 7.48. The van der Waals surface area contributed by atoms with E-state index in [1.165, 1.54) is 6.07 Å². The minimum absolute atomic E-state index is 0.0818. The van der Waals surface area contributed by atoms with E-state index in [1.807, 2.05) is 37.9 Å². The minimum atomic E-state index is -4.48. The zero-order chi connectivity index (χ0) is 30.1. The van der Waals surface area contributed by atoms with Gasteiger partial charge in [0, 0.05) is 50.3 Å². The minimum Gasteiger partial charge on any atom is -0.372 e. The predicted octanol–water partition coefficient (Wildman–Crippen LogP) is 6.61. The Hall–Kier alpha value is -4.48. The van der Waals surface area contributed by atoms with E-state index >= 15 is 0 Å². The van der Waals surface area contributed by atoms with E-state index in [0.29, 0.717) is 60.8 Å². The highest BCUT2D eigenvalue weighted by Crippen LogP contribution is 2.37. The van der Waals surface area contributed by atoms with Crippen molar-refractivity contribution in [3.8, 4) is 11.3 Å². The summed E-state index contributed by atoms with van der Waals surface area (Å²) in [6.07, 6.45) is -2.90. The standard InChI is InChI=1S/C30H32F3N7O2/c1-19-14-16-39(3)25-12-11-24(21-5-4-6-22(17-21)30(31,32)33)36-27(25)40(19)28(42)35-23-9-7-20(8-10-23)18-34-26(41)13-15-29(2)37-38-29/h4-12,17,19H,13-16,18H2,1-3H3,(H,34,41)(H,35,42)/t19-/m1/s1. The highest BCUT2D eigenvalue weighted by molar-refractivity contribution is 6.04. The number of carbonyl (C=O) groups excluding carboxylic acids is 2. The van der Waals surface area contributed by atoms with Crippen molar-refractivity contribution >= 4 is 29.1 Å². The molecule has 3 amide bonds. The SMILES string of the molecule is C[C@@H]1CCN(C)c2ccc(-c3cccc(C(F)(F)F)c3)nc2N1C(=O)Nc1ccc(CNC(=O)CCC2(C)N=N2)cc1. The average molecular weight is 580 g/mol. The fourth-order valence-corrected chi connectivity index (χ4v) is 4.78. The lowest BCUT2D eigenvalue weighted by molar-refractivity contribution is -0.137. The van der Waals surface area contributed by atoms with Gasteiger partial charge in [0.2, 0.25) is 5.91 Å². The molecule has 0 radical (unpaired) electrons. The number of alkyl halides is 3. The van der Waals surface area contributed by atoms with Crippen LogP contribution in [0.4, 0.5) is 35.2 Å².